The Morgan fingerprint density at radius 3 is 2.89 bits per heavy atom. The summed E-state index contributed by atoms with van der Waals surface area (Å²) in [6.45, 7) is 0. The number of methoxy groups -OCH3 is 1. The fourth-order valence-electron chi connectivity index (χ4n) is 1.51. The lowest BCUT2D eigenvalue weighted by Crippen LogP contribution is -2.00. The molecular weight excluding hydrogens is 228 g/mol. The zero-order valence-corrected chi connectivity index (χ0v) is 9.84. The molecule has 1 aromatic heterocycles. The van der Waals surface area contributed by atoms with Crippen molar-refractivity contribution >= 4 is 17.2 Å². The summed E-state index contributed by atoms with van der Waals surface area (Å²) in [4.78, 5) is 4.13. The Labute approximate surface area is 105 Å². The maximum atomic E-state index is 8.82. The van der Waals surface area contributed by atoms with Crippen LogP contribution in [0.1, 0.15) is 5.56 Å². The number of hydrogen-bond acceptors (Lipinski definition) is 5. The average molecular weight is 240 g/mol. The minimum Gasteiger partial charge on any atom is -0.495 e. The van der Waals surface area contributed by atoms with Gasteiger partial charge in [0, 0.05) is 12.3 Å². The van der Waals surface area contributed by atoms with Crippen molar-refractivity contribution in [1.29, 1.82) is 5.26 Å². The molecule has 0 saturated heterocycles. The van der Waals surface area contributed by atoms with Gasteiger partial charge < -0.3 is 15.8 Å². The largest absolute Gasteiger partial charge is 0.495 e. The lowest BCUT2D eigenvalue weighted by Gasteiger charge is -2.11. The monoisotopic (exact) mass is 240 g/mol. The van der Waals surface area contributed by atoms with Gasteiger partial charge in [0.15, 0.2) is 5.82 Å². The minimum absolute atomic E-state index is 0.534. The molecule has 0 unspecified atom stereocenters. The van der Waals surface area contributed by atoms with Gasteiger partial charge in [-0.1, -0.05) is 0 Å². The van der Waals surface area contributed by atoms with Gasteiger partial charge >= 0.3 is 0 Å². The van der Waals surface area contributed by atoms with Crippen LogP contribution in [0.25, 0.3) is 0 Å². The van der Waals surface area contributed by atoms with Gasteiger partial charge in [-0.05, 0) is 24.3 Å². The highest BCUT2D eigenvalue weighted by Gasteiger charge is 2.07. The van der Waals surface area contributed by atoms with Gasteiger partial charge in [0.1, 0.15) is 5.75 Å². The third-order valence-electron chi connectivity index (χ3n) is 2.42. The van der Waals surface area contributed by atoms with Crippen LogP contribution in [0.5, 0.6) is 5.75 Å². The Morgan fingerprint density at radius 1 is 1.39 bits per heavy atom. The second-order valence-corrected chi connectivity index (χ2v) is 3.59. The van der Waals surface area contributed by atoms with Crippen LogP contribution in [-0.2, 0) is 0 Å². The molecule has 1 heterocycles. The van der Waals surface area contributed by atoms with E-state index in [0.29, 0.717) is 28.5 Å². The van der Waals surface area contributed by atoms with Gasteiger partial charge in [-0.25, -0.2) is 4.98 Å². The van der Waals surface area contributed by atoms with Gasteiger partial charge in [0.05, 0.1) is 30.1 Å². The normalized spacial score (nSPS) is 9.56. The molecule has 0 spiro atoms. The standard InChI is InChI=1S/C13H12N4O/c1-18-12-7-9(8-14)4-5-11(12)17-13-10(15)3-2-6-16-13/h2-7H,15H2,1H3,(H,16,17). The molecule has 18 heavy (non-hydrogen) atoms. The van der Waals surface area contributed by atoms with Crippen LogP contribution in [0.3, 0.4) is 0 Å². The lowest BCUT2D eigenvalue weighted by molar-refractivity contribution is 0.416. The summed E-state index contributed by atoms with van der Waals surface area (Å²) >= 11 is 0. The molecule has 3 N–H and O–H groups in total. The van der Waals surface area contributed by atoms with E-state index in [2.05, 4.69) is 16.4 Å². The SMILES string of the molecule is COc1cc(C#N)ccc1Nc1ncccc1N. The van der Waals surface area contributed by atoms with E-state index in [1.165, 1.54) is 0 Å². The first-order valence-corrected chi connectivity index (χ1v) is 5.30. The fraction of sp³-hybridized carbons (Fsp3) is 0.0769. The smallest absolute Gasteiger partial charge is 0.153 e. The van der Waals surface area contributed by atoms with E-state index < -0.39 is 0 Å². The second-order valence-electron chi connectivity index (χ2n) is 3.59. The Bertz CT molecular complexity index is 604. The molecule has 0 radical (unpaired) electrons. The van der Waals surface area contributed by atoms with Crippen molar-refractivity contribution < 1.29 is 4.74 Å². The quantitative estimate of drug-likeness (QED) is 0.859. The molecule has 0 aliphatic rings. The zero-order valence-electron chi connectivity index (χ0n) is 9.84. The van der Waals surface area contributed by atoms with Crippen LogP contribution < -0.4 is 15.8 Å². The summed E-state index contributed by atoms with van der Waals surface area (Å²) in [5.74, 6) is 1.12. The van der Waals surface area contributed by atoms with E-state index in [9.17, 15) is 0 Å². The number of ether oxygens (including phenoxy) is 1. The van der Waals surface area contributed by atoms with E-state index >= 15 is 0 Å². The number of nitriles is 1. The zero-order chi connectivity index (χ0) is 13.0. The van der Waals surface area contributed by atoms with E-state index in [1.54, 1.807) is 43.6 Å². The summed E-state index contributed by atoms with van der Waals surface area (Å²) in [6.07, 6.45) is 1.65. The molecule has 0 bridgehead atoms. The highest BCUT2D eigenvalue weighted by molar-refractivity contribution is 5.72. The molecule has 0 aliphatic carbocycles. The predicted molar refractivity (Wildman–Crippen MR) is 69.6 cm³/mol. The van der Waals surface area contributed by atoms with Gasteiger partial charge in [-0.15, -0.1) is 0 Å². The molecule has 0 amide bonds. The first kappa shape index (κ1) is 11.7. The van der Waals surface area contributed by atoms with Crippen LogP contribution in [-0.4, -0.2) is 12.1 Å². The number of nitrogens with two attached hydrogens (primary N) is 1. The highest BCUT2D eigenvalue weighted by atomic mass is 16.5. The van der Waals surface area contributed by atoms with Crippen molar-refractivity contribution in [3.63, 3.8) is 0 Å². The molecule has 90 valence electrons. The van der Waals surface area contributed by atoms with Gasteiger partial charge in [-0.2, -0.15) is 5.26 Å². The molecule has 0 aliphatic heterocycles. The number of nitrogen functional groups attached to an aromatic ring is 1. The van der Waals surface area contributed by atoms with Crippen LogP contribution in [0.2, 0.25) is 0 Å². The molecule has 2 rings (SSSR count). The van der Waals surface area contributed by atoms with E-state index in [0.717, 1.165) is 0 Å². The van der Waals surface area contributed by atoms with Gasteiger partial charge in [0.25, 0.3) is 0 Å². The molecule has 2 aromatic rings. The molecule has 1 aromatic carbocycles. The third kappa shape index (κ3) is 2.33. The maximum absolute atomic E-state index is 8.82. The Kier molecular flexibility index (Phi) is 3.30. The van der Waals surface area contributed by atoms with Gasteiger partial charge in [0.2, 0.25) is 0 Å². The van der Waals surface area contributed by atoms with Crippen LogP contribution >= 0.6 is 0 Å². The summed E-state index contributed by atoms with van der Waals surface area (Å²) in [5.41, 5.74) is 7.59. The number of nitrogens with one attached hydrogen (secondary N) is 1. The number of benzene rings is 1. The van der Waals surface area contributed by atoms with Crippen LogP contribution in [0.4, 0.5) is 17.2 Å². The Balaban J connectivity index is 2.35. The molecule has 0 fully saturated rings. The summed E-state index contributed by atoms with van der Waals surface area (Å²) < 4.78 is 5.22. The number of hydrogen-bond donors (Lipinski definition) is 2. The molecule has 0 atom stereocenters. The summed E-state index contributed by atoms with van der Waals surface area (Å²) in [7, 11) is 1.55. The highest BCUT2D eigenvalue weighted by Crippen LogP contribution is 2.29. The number of nitrogens with zero attached hydrogens (tertiary/aromatic N) is 2. The maximum Gasteiger partial charge on any atom is 0.153 e. The Morgan fingerprint density at radius 2 is 2.22 bits per heavy atom. The number of rotatable bonds is 3. The Hall–Kier alpha value is -2.74. The van der Waals surface area contributed by atoms with Crippen molar-refractivity contribution in [1.82, 2.24) is 4.98 Å². The van der Waals surface area contributed by atoms with E-state index in [4.69, 9.17) is 15.7 Å². The van der Waals surface area contributed by atoms with Crippen molar-refractivity contribution in [3.8, 4) is 11.8 Å². The van der Waals surface area contributed by atoms with Gasteiger partial charge in [-0.3, -0.25) is 0 Å². The first-order valence-electron chi connectivity index (χ1n) is 5.30. The van der Waals surface area contributed by atoms with E-state index in [1.807, 2.05) is 0 Å². The molecule has 5 heteroatoms. The predicted octanol–water partition coefficient (Wildman–Crippen LogP) is 2.29. The van der Waals surface area contributed by atoms with E-state index in [-0.39, 0.29) is 0 Å². The fourth-order valence-corrected chi connectivity index (χ4v) is 1.51. The second kappa shape index (κ2) is 5.06. The van der Waals surface area contributed by atoms with Crippen molar-refractivity contribution in [2.75, 3.05) is 18.2 Å². The topological polar surface area (TPSA) is 84.0 Å². The average Bonchev–Trinajstić information content (AvgIpc) is 2.41. The minimum atomic E-state index is 0.534. The van der Waals surface area contributed by atoms with Crippen LogP contribution in [0.15, 0.2) is 36.5 Å². The number of anilines is 3. The summed E-state index contributed by atoms with van der Waals surface area (Å²) in [6, 6.07) is 10.7. The number of pyridine rings is 1. The first-order chi connectivity index (χ1) is 8.74. The molecule has 0 saturated carbocycles. The summed E-state index contributed by atoms with van der Waals surface area (Å²) in [5, 5.41) is 11.9. The third-order valence-corrected chi connectivity index (χ3v) is 2.42. The van der Waals surface area contributed by atoms with Crippen molar-refractivity contribution in [3.05, 3.63) is 42.1 Å². The molecular formula is C13H12N4O. The molecule has 5 nitrogen and oxygen atoms in total. The van der Waals surface area contributed by atoms with Crippen LogP contribution in [0, 0.1) is 11.3 Å². The van der Waals surface area contributed by atoms with Crippen molar-refractivity contribution in [2.24, 2.45) is 0 Å². The van der Waals surface area contributed by atoms with Crippen molar-refractivity contribution in [2.45, 2.75) is 0 Å². The number of aromatic nitrogens is 1. The lowest BCUT2D eigenvalue weighted by atomic mass is 10.2.